The number of nitrogens with one attached hydrogen (secondary N) is 1. The fourth-order valence-corrected chi connectivity index (χ4v) is 4.51. The van der Waals surface area contributed by atoms with E-state index < -0.39 is 10.0 Å². The van der Waals surface area contributed by atoms with Crippen LogP contribution in [0.25, 0.3) is 11.3 Å². The molecular weight excluding hydrogens is 342 g/mol. The van der Waals surface area contributed by atoms with Gasteiger partial charge in [0.1, 0.15) is 4.21 Å². The molecule has 0 unspecified atom stereocenters. The zero-order chi connectivity index (χ0) is 17.0. The number of aryl methyl sites for hydroxylation is 1. The summed E-state index contributed by atoms with van der Waals surface area (Å²) in [6, 6.07) is 11.0. The van der Waals surface area contributed by atoms with Crippen molar-refractivity contribution >= 4 is 21.4 Å². The summed E-state index contributed by atoms with van der Waals surface area (Å²) in [5.74, 6) is 0. The maximum Gasteiger partial charge on any atom is 0.250 e. The van der Waals surface area contributed by atoms with Crippen molar-refractivity contribution in [2.45, 2.75) is 24.1 Å². The van der Waals surface area contributed by atoms with E-state index in [4.69, 9.17) is 0 Å². The molecule has 0 fully saturated rings. The van der Waals surface area contributed by atoms with Gasteiger partial charge in [-0.15, -0.1) is 11.3 Å². The van der Waals surface area contributed by atoms with Crippen LogP contribution in [0.1, 0.15) is 17.4 Å². The second-order valence-electron chi connectivity index (χ2n) is 5.19. The topological polar surface area (TPSA) is 72.0 Å². The molecule has 7 heteroatoms. The van der Waals surface area contributed by atoms with Gasteiger partial charge >= 0.3 is 0 Å². The summed E-state index contributed by atoms with van der Waals surface area (Å²) in [5.41, 5.74) is 2.54. The number of rotatable bonds is 6. The summed E-state index contributed by atoms with van der Waals surface area (Å²) < 4.78 is 27.6. The van der Waals surface area contributed by atoms with Gasteiger partial charge < -0.3 is 0 Å². The van der Waals surface area contributed by atoms with Gasteiger partial charge in [0, 0.05) is 35.6 Å². The maximum absolute atomic E-state index is 12.3. The van der Waals surface area contributed by atoms with Crippen molar-refractivity contribution in [3.63, 3.8) is 0 Å². The van der Waals surface area contributed by atoms with Crippen LogP contribution >= 0.6 is 11.3 Å². The monoisotopic (exact) mass is 359 g/mol. The van der Waals surface area contributed by atoms with Crippen LogP contribution in [-0.4, -0.2) is 18.4 Å². The lowest BCUT2D eigenvalue weighted by Crippen LogP contribution is -2.22. The minimum absolute atomic E-state index is 0.210. The smallest absolute Gasteiger partial charge is 0.250 e. The minimum Gasteiger partial charge on any atom is -0.264 e. The predicted molar refractivity (Wildman–Crippen MR) is 95.2 cm³/mol. The molecule has 3 heterocycles. The van der Waals surface area contributed by atoms with Crippen molar-refractivity contribution in [1.82, 2.24) is 14.7 Å². The van der Waals surface area contributed by atoms with Gasteiger partial charge in [0.15, 0.2) is 0 Å². The van der Waals surface area contributed by atoms with Crippen LogP contribution in [0.5, 0.6) is 0 Å². The second kappa shape index (κ2) is 7.21. The molecule has 0 aliphatic rings. The standard InChI is InChI=1S/C17H17N3O2S2/c1-2-15-6-8-17(23-15)24(21,22)20-11-13-5-7-16(19-10-13)14-4-3-9-18-12-14/h3-10,12,20H,2,11H2,1H3. The third-order valence-electron chi connectivity index (χ3n) is 3.50. The Morgan fingerprint density at radius 2 is 2.00 bits per heavy atom. The van der Waals surface area contributed by atoms with Crippen LogP contribution in [0.3, 0.4) is 0 Å². The van der Waals surface area contributed by atoms with E-state index in [1.54, 1.807) is 24.7 Å². The van der Waals surface area contributed by atoms with E-state index in [-0.39, 0.29) is 6.54 Å². The first-order valence-electron chi connectivity index (χ1n) is 7.52. The fraction of sp³-hybridized carbons (Fsp3) is 0.176. The van der Waals surface area contributed by atoms with Gasteiger partial charge in [0.25, 0.3) is 0 Å². The third kappa shape index (κ3) is 3.87. The van der Waals surface area contributed by atoms with Crippen molar-refractivity contribution in [3.05, 3.63) is 65.4 Å². The predicted octanol–water partition coefficient (Wildman–Crippen LogP) is 3.25. The first kappa shape index (κ1) is 16.8. The lowest BCUT2D eigenvalue weighted by molar-refractivity contribution is 0.583. The summed E-state index contributed by atoms with van der Waals surface area (Å²) in [6.07, 6.45) is 5.96. The number of aromatic nitrogens is 2. The first-order valence-corrected chi connectivity index (χ1v) is 9.82. The highest BCUT2D eigenvalue weighted by Crippen LogP contribution is 2.22. The molecule has 3 rings (SSSR count). The Balaban J connectivity index is 1.68. The van der Waals surface area contributed by atoms with Gasteiger partial charge in [-0.2, -0.15) is 0 Å². The Morgan fingerprint density at radius 1 is 1.12 bits per heavy atom. The Kier molecular flexibility index (Phi) is 5.03. The van der Waals surface area contributed by atoms with Crippen LogP contribution in [-0.2, 0) is 23.0 Å². The molecule has 3 aromatic heterocycles. The minimum atomic E-state index is -3.48. The first-order chi connectivity index (χ1) is 11.6. The third-order valence-corrected chi connectivity index (χ3v) is 6.62. The molecule has 0 saturated heterocycles. The number of hydrogen-bond donors (Lipinski definition) is 1. The van der Waals surface area contributed by atoms with E-state index in [2.05, 4.69) is 14.7 Å². The van der Waals surface area contributed by atoms with Crippen molar-refractivity contribution in [2.24, 2.45) is 0 Å². The summed E-state index contributed by atoms with van der Waals surface area (Å²) in [6.45, 7) is 2.22. The molecule has 0 aromatic carbocycles. The van der Waals surface area contributed by atoms with Crippen LogP contribution in [0.2, 0.25) is 0 Å². The Bertz CT molecular complexity index is 905. The molecule has 0 aliphatic heterocycles. The molecule has 124 valence electrons. The van der Waals surface area contributed by atoms with Crippen molar-refractivity contribution in [1.29, 1.82) is 0 Å². The van der Waals surface area contributed by atoms with Crippen molar-refractivity contribution < 1.29 is 8.42 Å². The fourth-order valence-electron chi connectivity index (χ4n) is 2.16. The van der Waals surface area contributed by atoms with Gasteiger partial charge in [-0.25, -0.2) is 13.1 Å². The molecule has 1 N–H and O–H groups in total. The summed E-state index contributed by atoms with van der Waals surface area (Å²) in [7, 11) is -3.48. The number of hydrogen-bond acceptors (Lipinski definition) is 5. The molecule has 0 spiro atoms. The van der Waals surface area contributed by atoms with Crippen LogP contribution in [0, 0.1) is 0 Å². The second-order valence-corrected chi connectivity index (χ2v) is 8.35. The van der Waals surface area contributed by atoms with E-state index in [9.17, 15) is 8.42 Å². The van der Waals surface area contributed by atoms with E-state index in [0.717, 1.165) is 28.1 Å². The average Bonchev–Trinajstić information content (AvgIpc) is 3.11. The zero-order valence-electron chi connectivity index (χ0n) is 13.1. The molecule has 3 aromatic rings. The molecule has 0 saturated carbocycles. The molecule has 5 nitrogen and oxygen atoms in total. The van der Waals surface area contributed by atoms with E-state index in [0.29, 0.717) is 4.21 Å². The largest absolute Gasteiger partial charge is 0.264 e. The molecular formula is C17H17N3O2S2. The van der Waals surface area contributed by atoms with Crippen LogP contribution in [0.15, 0.2) is 59.2 Å². The lowest BCUT2D eigenvalue weighted by Gasteiger charge is -2.06. The van der Waals surface area contributed by atoms with Gasteiger partial charge in [-0.05, 0) is 42.3 Å². The lowest BCUT2D eigenvalue weighted by atomic mass is 10.1. The Labute approximate surface area is 145 Å². The molecule has 0 amide bonds. The number of sulfonamides is 1. The normalized spacial score (nSPS) is 11.5. The van der Waals surface area contributed by atoms with E-state index >= 15 is 0 Å². The highest BCUT2D eigenvalue weighted by Gasteiger charge is 2.16. The summed E-state index contributed by atoms with van der Waals surface area (Å²) in [5, 5.41) is 0. The molecule has 24 heavy (non-hydrogen) atoms. The van der Waals surface area contributed by atoms with Gasteiger partial charge in [-0.3, -0.25) is 9.97 Å². The van der Waals surface area contributed by atoms with E-state index in [1.165, 1.54) is 11.3 Å². The van der Waals surface area contributed by atoms with Crippen LogP contribution in [0.4, 0.5) is 0 Å². The number of thiophene rings is 1. The Hall–Kier alpha value is -2.09. The zero-order valence-corrected chi connectivity index (χ0v) is 14.8. The van der Waals surface area contributed by atoms with E-state index in [1.807, 2.05) is 37.3 Å². The molecule has 0 aliphatic carbocycles. The molecule has 0 radical (unpaired) electrons. The highest BCUT2D eigenvalue weighted by molar-refractivity contribution is 7.91. The molecule has 0 atom stereocenters. The average molecular weight is 359 g/mol. The molecule has 0 bridgehead atoms. The quantitative estimate of drug-likeness (QED) is 0.733. The maximum atomic E-state index is 12.3. The SMILES string of the molecule is CCc1ccc(S(=O)(=O)NCc2ccc(-c3cccnc3)nc2)s1. The summed E-state index contributed by atoms with van der Waals surface area (Å²) in [4.78, 5) is 9.49. The number of pyridine rings is 2. The Morgan fingerprint density at radius 3 is 2.62 bits per heavy atom. The van der Waals surface area contributed by atoms with Crippen LogP contribution < -0.4 is 4.72 Å². The van der Waals surface area contributed by atoms with Gasteiger partial charge in [0.2, 0.25) is 10.0 Å². The van der Waals surface area contributed by atoms with Crippen molar-refractivity contribution in [2.75, 3.05) is 0 Å². The highest BCUT2D eigenvalue weighted by atomic mass is 32.2. The van der Waals surface area contributed by atoms with Gasteiger partial charge in [0.05, 0.1) is 5.69 Å². The van der Waals surface area contributed by atoms with Gasteiger partial charge in [-0.1, -0.05) is 13.0 Å². The van der Waals surface area contributed by atoms with Crippen molar-refractivity contribution in [3.8, 4) is 11.3 Å². The number of nitrogens with zero attached hydrogens (tertiary/aromatic N) is 2. The summed E-state index contributed by atoms with van der Waals surface area (Å²) >= 11 is 1.30.